The number of alkyl halides is 1. The summed E-state index contributed by atoms with van der Waals surface area (Å²) >= 11 is 0. The van der Waals surface area contributed by atoms with E-state index in [2.05, 4.69) is 19.5 Å². The first-order chi connectivity index (χ1) is 18.5. The first-order valence-corrected chi connectivity index (χ1v) is 13.0. The molecule has 6 heterocycles. The van der Waals surface area contributed by atoms with Crippen LogP contribution in [0.25, 0.3) is 22.7 Å². The number of aromatic nitrogens is 5. The molecule has 2 fully saturated rings. The van der Waals surface area contributed by atoms with Gasteiger partial charge in [0.25, 0.3) is 11.8 Å². The Hall–Kier alpha value is -4.21. The molecule has 9 nitrogen and oxygen atoms in total. The van der Waals surface area contributed by atoms with Crippen LogP contribution in [0.3, 0.4) is 0 Å². The van der Waals surface area contributed by atoms with Crippen LogP contribution in [0.2, 0.25) is 0 Å². The van der Waals surface area contributed by atoms with E-state index < -0.39 is 11.6 Å². The van der Waals surface area contributed by atoms with Gasteiger partial charge in [-0.2, -0.15) is 0 Å². The van der Waals surface area contributed by atoms with E-state index in [-0.39, 0.29) is 37.9 Å². The van der Waals surface area contributed by atoms with Crippen molar-refractivity contribution >= 4 is 23.0 Å². The fourth-order valence-electron chi connectivity index (χ4n) is 5.52. The molecular formula is C28H28FN7O2. The number of hydrogen-bond donors (Lipinski definition) is 0. The molecule has 0 bridgehead atoms. The van der Waals surface area contributed by atoms with Gasteiger partial charge in [0.15, 0.2) is 17.1 Å². The molecule has 0 atom stereocenters. The van der Waals surface area contributed by atoms with Crippen LogP contribution in [-0.4, -0.2) is 78.0 Å². The maximum Gasteiger partial charge on any atom is 0.260 e. The van der Waals surface area contributed by atoms with Crippen molar-refractivity contribution in [3.05, 3.63) is 72.8 Å². The first-order valence-electron chi connectivity index (χ1n) is 13.0. The minimum Gasteiger partial charge on any atom is -0.340 e. The number of carbonyl (C=O) groups is 2. The number of amides is 2. The van der Waals surface area contributed by atoms with Crippen molar-refractivity contribution < 1.29 is 14.0 Å². The summed E-state index contributed by atoms with van der Waals surface area (Å²) < 4.78 is 18.0. The summed E-state index contributed by atoms with van der Waals surface area (Å²) in [6.07, 6.45) is 7.94. The number of pyridine rings is 3. The summed E-state index contributed by atoms with van der Waals surface area (Å²) in [6.45, 7) is 1.31. The third-order valence-electron chi connectivity index (χ3n) is 7.61. The molecule has 0 radical (unpaired) electrons. The average molecular weight is 514 g/mol. The van der Waals surface area contributed by atoms with Crippen LogP contribution in [0.1, 0.15) is 42.1 Å². The van der Waals surface area contributed by atoms with Gasteiger partial charge in [-0.3, -0.25) is 19.6 Å². The predicted molar refractivity (Wildman–Crippen MR) is 139 cm³/mol. The maximum atomic E-state index is 15.9. The van der Waals surface area contributed by atoms with Crippen LogP contribution in [0.15, 0.2) is 67.3 Å². The van der Waals surface area contributed by atoms with Crippen molar-refractivity contribution in [3.63, 3.8) is 0 Å². The van der Waals surface area contributed by atoms with Gasteiger partial charge in [0, 0.05) is 75.4 Å². The molecule has 4 aromatic rings. The molecule has 0 unspecified atom stereocenters. The normalized spacial score (nSPS) is 18.0. The number of piperidine rings is 2. The number of nitrogens with zero attached hydrogens (tertiary/aromatic N) is 7. The fraction of sp³-hybridized carbons (Fsp3) is 0.357. The Morgan fingerprint density at radius 2 is 1.58 bits per heavy atom. The average Bonchev–Trinajstić information content (AvgIpc) is 3.37. The van der Waals surface area contributed by atoms with Gasteiger partial charge in [-0.05, 0) is 49.2 Å². The second-order valence-electron chi connectivity index (χ2n) is 9.88. The summed E-state index contributed by atoms with van der Waals surface area (Å²) in [5, 5.41) is 0. The molecule has 38 heavy (non-hydrogen) atoms. The Morgan fingerprint density at radius 3 is 2.29 bits per heavy atom. The van der Waals surface area contributed by atoms with Crippen molar-refractivity contribution in [2.45, 2.75) is 37.4 Å². The van der Waals surface area contributed by atoms with Crippen LogP contribution in [0.4, 0.5) is 4.39 Å². The summed E-state index contributed by atoms with van der Waals surface area (Å²) in [4.78, 5) is 47.1. The lowest BCUT2D eigenvalue weighted by Crippen LogP contribution is -2.54. The summed E-state index contributed by atoms with van der Waals surface area (Å²) in [5.41, 5.74) is 0.907. The molecule has 10 heteroatoms. The predicted octanol–water partition coefficient (Wildman–Crippen LogP) is 3.70. The van der Waals surface area contributed by atoms with Gasteiger partial charge in [0.05, 0.1) is 0 Å². The van der Waals surface area contributed by atoms with Crippen LogP contribution in [0.5, 0.6) is 0 Å². The van der Waals surface area contributed by atoms with Crippen LogP contribution >= 0.6 is 0 Å². The summed E-state index contributed by atoms with van der Waals surface area (Å²) in [5.74, 6) is 0.121. The highest BCUT2D eigenvalue weighted by molar-refractivity contribution is 5.94. The zero-order valence-corrected chi connectivity index (χ0v) is 20.9. The molecule has 2 aliphatic rings. The van der Waals surface area contributed by atoms with Crippen LogP contribution in [0, 0.1) is 0 Å². The SMILES string of the molecule is O=C(c1ccncc1)N1CCC(F)(C(=O)N2CCC(n3c(-c4ccccn4)nc4cccnc43)CC2)CC1. The standard InChI is InChI=1S/C28H28FN7O2/c29-28(10-18-34(19-11-28)26(37)20-6-14-30-15-7-20)27(38)35-16-8-21(9-17-35)36-24-23(5-3-13-32-24)33-25(36)22-4-1-2-12-31-22/h1-7,12-15,21H,8-11,16-19H2. The molecule has 2 amide bonds. The van der Waals surface area contributed by atoms with Gasteiger partial charge in [0.2, 0.25) is 0 Å². The molecule has 0 N–H and O–H groups in total. The third kappa shape index (κ3) is 4.40. The fourth-order valence-corrected chi connectivity index (χ4v) is 5.52. The van der Waals surface area contributed by atoms with Gasteiger partial charge in [-0.1, -0.05) is 6.07 Å². The zero-order chi connectivity index (χ0) is 26.1. The lowest BCUT2D eigenvalue weighted by atomic mass is 9.90. The number of rotatable bonds is 4. The van der Waals surface area contributed by atoms with Gasteiger partial charge in [0.1, 0.15) is 11.2 Å². The molecule has 0 saturated carbocycles. The van der Waals surface area contributed by atoms with Gasteiger partial charge < -0.3 is 14.4 Å². The number of fused-ring (bicyclic) bond motifs is 1. The van der Waals surface area contributed by atoms with Gasteiger partial charge >= 0.3 is 0 Å². The second-order valence-corrected chi connectivity index (χ2v) is 9.88. The monoisotopic (exact) mass is 513 g/mol. The Labute approximate surface area is 219 Å². The molecule has 194 valence electrons. The lowest BCUT2D eigenvalue weighted by Gasteiger charge is -2.40. The van der Waals surface area contributed by atoms with Gasteiger partial charge in [-0.15, -0.1) is 0 Å². The quantitative estimate of drug-likeness (QED) is 0.413. The van der Waals surface area contributed by atoms with E-state index in [1.165, 1.54) is 0 Å². The van der Waals surface area contributed by atoms with E-state index in [1.807, 2.05) is 30.3 Å². The molecule has 4 aromatic heterocycles. The van der Waals surface area contributed by atoms with E-state index in [1.54, 1.807) is 46.7 Å². The number of carbonyl (C=O) groups excluding carboxylic acids is 2. The first kappa shape index (κ1) is 24.1. The minimum atomic E-state index is -1.95. The maximum absolute atomic E-state index is 15.9. The topological polar surface area (TPSA) is 97.1 Å². The van der Waals surface area contributed by atoms with Crippen molar-refractivity contribution in [2.24, 2.45) is 0 Å². The van der Waals surface area contributed by atoms with Crippen LogP contribution in [-0.2, 0) is 4.79 Å². The summed E-state index contributed by atoms with van der Waals surface area (Å²) in [7, 11) is 0. The van der Waals surface area contributed by atoms with Crippen molar-refractivity contribution in [1.82, 2.24) is 34.3 Å². The van der Waals surface area contributed by atoms with Crippen molar-refractivity contribution in [3.8, 4) is 11.5 Å². The van der Waals surface area contributed by atoms with Crippen molar-refractivity contribution in [1.29, 1.82) is 0 Å². The molecule has 2 saturated heterocycles. The molecule has 0 aromatic carbocycles. The molecule has 0 spiro atoms. The number of halogens is 1. The lowest BCUT2D eigenvalue weighted by molar-refractivity contribution is -0.148. The van der Waals surface area contributed by atoms with Gasteiger partial charge in [-0.25, -0.2) is 14.4 Å². The van der Waals surface area contributed by atoms with E-state index in [0.717, 1.165) is 22.7 Å². The number of hydrogen-bond acceptors (Lipinski definition) is 6. The Kier molecular flexibility index (Phi) is 6.30. The minimum absolute atomic E-state index is 0.00247. The Bertz CT molecular complexity index is 1440. The highest BCUT2D eigenvalue weighted by Crippen LogP contribution is 2.35. The molecule has 6 rings (SSSR count). The molecule has 2 aliphatic heterocycles. The van der Waals surface area contributed by atoms with E-state index in [4.69, 9.17) is 4.98 Å². The van der Waals surface area contributed by atoms with E-state index >= 15 is 4.39 Å². The van der Waals surface area contributed by atoms with Crippen LogP contribution < -0.4 is 0 Å². The number of imidazole rings is 1. The largest absolute Gasteiger partial charge is 0.340 e. The Morgan fingerprint density at radius 1 is 0.842 bits per heavy atom. The van der Waals surface area contributed by atoms with E-state index in [9.17, 15) is 9.59 Å². The summed E-state index contributed by atoms with van der Waals surface area (Å²) in [6, 6.07) is 12.9. The van der Waals surface area contributed by atoms with E-state index in [0.29, 0.717) is 31.5 Å². The second kappa shape index (κ2) is 9.92. The smallest absolute Gasteiger partial charge is 0.260 e. The highest BCUT2D eigenvalue weighted by atomic mass is 19.1. The molecule has 0 aliphatic carbocycles. The molecular weight excluding hydrogens is 485 g/mol. The Balaban J connectivity index is 1.14. The van der Waals surface area contributed by atoms with Crippen molar-refractivity contribution in [2.75, 3.05) is 26.2 Å². The number of likely N-dealkylation sites (tertiary alicyclic amines) is 2. The zero-order valence-electron chi connectivity index (χ0n) is 20.9. The third-order valence-corrected chi connectivity index (χ3v) is 7.61. The highest BCUT2D eigenvalue weighted by Gasteiger charge is 2.45.